The molecule has 10 atom stereocenters. The zero-order valence-corrected chi connectivity index (χ0v) is 61.2. The molecule has 1 saturated carbocycles. The van der Waals surface area contributed by atoms with Gasteiger partial charge in [0.1, 0.15) is 15.7 Å². The maximum Gasteiger partial charge on any atom is 0.339 e. The minimum Gasteiger partial charge on any atom is -0.490 e. The number of aromatic nitrogens is 5. The number of rotatable bonds is 11. The van der Waals surface area contributed by atoms with Crippen molar-refractivity contribution in [2.45, 2.75) is 155 Å². The first kappa shape index (κ1) is 77.4. The molecule has 0 saturated heterocycles. The number of H-pyrrole nitrogens is 1. The number of ether oxygens (including phenoxy) is 7. The Labute approximate surface area is 609 Å². The first-order valence-electron chi connectivity index (χ1n) is 34.7. The molecule has 5 aliphatic heterocycles. The van der Waals surface area contributed by atoms with E-state index in [2.05, 4.69) is 57.3 Å². The molecule has 7 aromatic rings. The Balaban J connectivity index is 0.000000181. The molecule has 10 heterocycles. The smallest absolute Gasteiger partial charge is 0.339 e. The number of halogens is 1. The number of carbonyl (C=O) groups excluding carboxylic acids is 7. The molecule has 4 N–H and O–H groups in total. The summed E-state index contributed by atoms with van der Waals surface area (Å²) >= 11 is 6.47. The van der Waals surface area contributed by atoms with Gasteiger partial charge in [-0.25, -0.2) is 18.6 Å². The van der Waals surface area contributed by atoms with Crippen molar-refractivity contribution in [3.63, 3.8) is 0 Å². The highest BCUT2D eigenvalue weighted by Crippen LogP contribution is 2.47. The molecule has 26 nitrogen and oxygen atoms in total. The fraction of sp³-hybridized carbons (Fsp3) is 0.447. The van der Waals surface area contributed by atoms with E-state index in [4.69, 9.17) is 40.4 Å². The number of aromatic amines is 1. The van der Waals surface area contributed by atoms with Gasteiger partial charge in [0.15, 0.2) is 18.9 Å². The lowest BCUT2D eigenvalue weighted by atomic mass is 9.68. The molecule has 7 aliphatic rings. The van der Waals surface area contributed by atoms with Crippen molar-refractivity contribution in [1.29, 1.82) is 0 Å². The van der Waals surface area contributed by atoms with Crippen LogP contribution in [0.2, 0.25) is 5.02 Å². The van der Waals surface area contributed by atoms with Crippen LogP contribution < -0.4 is 14.4 Å². The van der Waals surface area contributed by atoms with Gasteiger partial charge in [-0.15, -0.1) is 4.36 Å². The van der Waals surface area contributed by atoms with Crippen LogP contribution in [0, 0.1) is 17.8 Å². The highest BCUT2D eigenvalue weighted by Gasteiger charge is 2.45. The molecule has 2 aromatic carbocycles. The maximum absolute atomic E-state index is 14.7. The van der Waals surface area contributed by atoms with Crippen LogP contribution >= 0.6 is 11.6 Å². The van der Waals surface area contributed by atoms with Crippen molar-refractivity contribution in [1.82, 2.24) is 28.0 Å². The summed E-state index contributed by atoms with van der Waals surface area (Å²) in [5.41, 5.74) is 9.12. The molecule has 2 amide bonds. The van der Waals surface area contributed by atoms with Gasteiger partial charge in [-0.2, -0.15) is 0 Å². The predicted octanol–water partition coefficient (Wildman–Crippen LogP) is 10.5. The maximum atomic E-state index is 14.7. The highest BCUT2D eigenvalue weighted by molar-refractivity contribution is 7.92. The number of benzene rings is 2. The number of carboxylic acid groups (broad SMARTS) is 1. The van der Waals surface area contributed by atoms with Gasteiger partial charge in [0.2, 0.25) is 0 Å². The van der Waals surface area contributed by atoms with Gasteiger partial charge in [0, 0.05) is 116 Å². The van der Waals surface area contributed by atoms with Crippen molar-refractivity contribution in [2.75, 3.05) is 51.7 Å². The third-order valence-electron chi connectivity index (χ3n) is 19.5. The summed E-state index contributed by atoms with van der Waals surface area (Å²) < 4.78 is 67.5. The first-order valence-corrected chi connectivity index (χ1v) is 36.7. The normalized spacial score (nSPS) is 24.1. The Morgan fingerprint density at radius 3 is 2.04 bits per heavy atom. The Hall–Kier alpha value is -9.22. The largest absolute Gasteiger partial charge is 0.490 e. The van der Waals surface area contributed by atoms with E-state index in [0.717, 1.165) is 97.9 Å². The van der Waals surface area contributed by atoms with Crippen molar-refractivity contribution in [3.05, 3.63) is 188 Å². The number of hydrogen-bond donors (Lipinski definition) is 4. The minimum atomic E-state index is -3.54. The lowest BCUT2D eigenvalue weighted by Crippen LogP contribution is -2.49. The Morgan fingerprint density at radius 2 is 1.43 bits per heavy atom. The third kappa shape index (κ3) is 19.0. The SMILES string of the molecule is COC(=O)c1c[nH]c(C=O)c1.COC(=O)c1cc(C=O)n(C[C@H](C)O)c1.CO[C@H]1/C=C/C[C@H](C)CS(=O)(NC(=O)c2cc3n(c2)C[C@H](C)OC3)=NC(=O)c2ccc3c(c2)N(C[C@@H]2CC[C@H]21)C[C@@]1(CCCc2cc(Cl)ccc21)CO3.C[C@H]1Cn2cc(C(=O)O)cc2CO1.C[C@H]1Cn2cc(C=O)cc2CO1. The van der Waals surface area contributed by atoms with Gasteiger partial charge in [0.25, 0.3) is 11.8 Å². The van der Waals surface area contributed by atoms with Gasteiger partial charge in [0.05, 0.1) is 116 Å². The number of aliphatic hydroxyl groups is 1. The number of nitrogens with zero attached hydrogens (tertiary/aromatic N) is 6. The van der Waals surface area contributed by atoms with Crippen LogP contribution in [0.5, 0.6) is 5.75 Å². The lowest BCUT2D eigenvalue weighted by molar-refractivity contribution is 0.0131. The molecule has 104 heavy (non-hydrogen) atoms. The topological polar surface area (TPSA) is 322 Å². The molecular formula is C76H91ClN8O18S. The summed E-state index contributed by atoms with van der Waals surface area (Å²) in [6, 6.07) is 19.8. The number of aliphatic hydroxyl groups excluding tert-OH is 1. The van der Waals surface area contributed by atoms with Gasteiger partial charge in [-0.05, 0) is 156 Å². The molecular weight excluding hydrogens is 1380 g/mol. The molecule has 2 aliphatic carbocycles. The molecule has 5 aromatic heterocycles. The molecule has 0 radical (unpaired) electrons. The number of methoxy groups -OCH3 is 3. The van der Waals surface area contributed by atoms with Crippen LogP contribution in [0.4, 0.5) is 5.69 Å². The number of hydrogen-bond acceptors (Lipinski definition) is 18. The zero-order valence-electron chi connectivity index (χ0n) is 59.7. The zero-order chi connectivity index (χ0) is 74.6. The summed E-state index contributed by atoms with van der Waals surface area (Å²) in [5.74, 6) is -1.69. The summed E-state index contributed by atoms with van der Waals surface area (Å²) in [6.45, 7) is 15.6. The van der Waals surface area contributed by atoms with Crippen LogP contribution in [0.1, 0.15) is 178 Å². The summed E-state index contributed by atoms with van der Waals surface area (Å²) in [4.78, 5) is 96.6. The fourth-order valence-corrected chi connectivity index (χ4v) is 16.2. The average Bonchev–Trinajstić information content (AvgIpc) is 1.35. The third-order valence-corrected chi connectivity index (χ3v) is 21.7. The molecule has 28 heteroatoms. The second-order valence-electron chi connectivity index (χ2n) is 27.6. The number of allylic oxidation sites excluding steroid dienone is 1. The molecule has 14 rings (SSSR count). The van der Waals surface area contributed by atoms with E-state index >= 15 is 0 Å². The van der Waals surface area contributed by atoms with Crippen LogP contribution in [0.15, 0.2) is 114 Å². The van der Waals surface area contributed by atoms with Crippen molar-refractivity contribution >= 4 is 75.8 Å². The monoisotopic (exact) mass is 1470 g/mol. The van der Waals surface area contributed by atoms with E-state index in [-0.39, 0.29) is 48.0 Å². The summed E-state index contributed by atoms with van der Waals surface area (Å²) in [7, 11) is 0.792. The van der Waals surface area contributed by atoms with E-state index in [9.17, 15) is 47.7 Å². The van der Waals surface area contributed by atoms with E-state index in [1.54, 1.807) is 44.6 Å². The van der Waals surface area contributed by atoms with E-state index in [1.807, 2.05) is 67.3 Å². The average molecular weight is 1470 g/mol. The first-order chi connectivity index (χ1) is 49.8. The van der Waals surface area contributed by atoms with Crippen LogP contribution in [-0.4, -0.2) is 164 Å². The van der Waals surface area contributed by atoms with Crippen LogP contribution in [0.25, 0.3) is 0 Å². The number of fused-ring (bicyclic) bond motifs is 7. The number of amides is 2. The minimum absolute atomic E-state index is 0.0123. The second-order valence-corrected chi connectivity index (χ2v) is 30.0. The number of carbonyl (C=O) groups is 8. The standard InChI is InChI=1S/C41H49ClN4O6S.C10H13NO4.C9H11NO3.C9H11NO2.C7H7NO3/c1-26-6-4-8-37(50-3)34-12-9-30(34)20-46-24-41(15-5-7-28-16-32(42)11-13-35(28)41)25-52-38-14-10-29(18-36(38)46)39(47)43-53(49,23-26)44-40(48)31-17-33-22-51-27(2)19-45(33)21-31;1-7(13)4-11-5-8(10(14)15-2)3-9(11)6-12;1-6-3-10-4-7(9(11)12)2-8(10)5-13-6;1-7-3-10-4-8(5-11)2-9(10)6-12-7;1-11-7(10)5-2-6(4-9)8-3-5/h4,8,10-11,13-14,16-18,21,26-27,30,34,37H,5-7,9,12,15,19-20,22-25H2,1-3H3,(H,43,44,47,48,49);3,5-7,13H,4H2,1-2H3;2,4,6H,3,5H2,1H3,(H,11,12);2,4-5,7H,3,6H2,1H3;2-4,8H,1H3/b8-4+;;;;/t26-,27-,30-,34+,37-,41-,53?;7-;6-;7-;/m0000./s1. The van der Waals surface area contributed by atoms with Gasteiger partial charge in [-0.1, -0.05) is 36.7 Å². The van der Waals surface area contributed by atoms with Gasteiger partial charge in [-0.3, -0.25) is 28.7 Å². The summed E-state index contributed by atoms with van der Waals surface area (Å²) in [5, 5.41) is 18.7. The van der Waals surface area contributed by atoms with Crippen LogP contribution in [-0.2, 0) is 96.2 Å². The van der Waals surface area contributed by atoms with E-state index in [0.29, 0.717) is 109 Å². The summed E-state index contributed by atoms with van der Waals surface area (Å²) in [6.07, 6.45) is 20.1. The van der Waals surface area contributed by atoms with Gasteiger partial charge < -0.3 is 71.5 Å². The fourth-order valence-electron chi connectivity index (χ4n) is 14.1. The number of nitrogens with one attached hydrogen (secondary N) is 2. The Kier molecular flexibility index (Phi) is 25.7. The number of aromatic carboxylic acids is 1. The van der Waals surface area contributed by atoms with Crippen LogP contribution in [0.3, 0.4) is 0 Å². The number of aryl methyl sites for hydroxylation is 1. The number of aldehydes is 3. The predicted molar refractivity (Wildman–Crippen MR) is 386 cm³/mol. The number of anilines is 1. The molecule has 1 spiro atoms. The molecule has 2 bridgehead atoms. The van der Waals surface area contributed by atoms with Gasteiger partial charge >= 0.3 is 17.9 Å². The van der Waals surface area contributed by atoms with E-state index < -0.39 is 45.7 Å². The van der Waals surface area contributed by atoms with E-state index in [1.165, 1.54) is 54.4 Å². The highest BCUT2D eigenvalue weighted by atomic mass is 35.5. The lowest BCUT2D eigenvalue weighted by Gasteiger charge is -2.46. The number of esters is 2. The molecule has 1 unspecified atom stereocenters. The second kappa shape index (κ2) is 34.6. The van der Waals surface area contributed by atoms with Crippen molar-refractivity contribution in [2.24, 2.45) is 22.1 Å². The Bertz CT molecular complexity index is 4440. The van der Waals surface area contributed by atoms with Crippen molar-refractivity contribution < 1.29 is 85.9 Å². The Morgan fingerprint density at radius 1 is 0.779 bits per heavy atom. The van der Waals surface area contributed by atoms with Crippen molar-refractivity contribution in [3.8, 4) is 5.75 Å². The molecule has 1 fully saturated rings. The number of carboxylic acids is 1. The molecule has 556 valence electrons. The quantitative estimate of drug-likeness (QED) is 0.0531.